The van der Waals surface area contributed by atoms with Gasteiger partial charge >= 0.3 is 0 Å². The summed E-state index contributed by atoms with van der Waals surface area (Å²) in [7, 11) is 0. The van der Waals surface area contributed by atoms with E-state index in [1.807, 2.05) is 0 Å². The maximum atomic E-state index is 4.40. The molecule has 0 atom stereocenters. The molecule has 0 radical (unpaired) electrons. The lowest BCUT2D eigenvalue weighted by atomic mass is 10.1. The van der Waals surface area contributed by atoms with Gasteiger partial charge in [0.1, 0.15) is 0 Å². The Morgan fingerprint density at radius 1 is 0.800 bits per heavy atom. The van der Waals surface area contributed by atoms with Gasteiger partial charge in [-0.1, -0.05) is 39.5 Å². The zero-order chi connectivity index (χ0) is 10.9. The summed E-state index contributed by atoms with van der Waals surface area (Å²) < 4.78 is 8.79. The fraction of sp³-hybridized carbons (Fsp3) is 0.833. The molecule has 86 valence electrons. The predicted octanol–water partition coefficient (Wildman–Crippen LogP) is 4.00. The van der Waals surface area contributed by atoms with Crippen LogP contribution in [0.25, 0.3) is 0 Å². The van der Waals surface area contributed by atoms with Crippen LogP contribution < -0.4 is 0 Å². The first-order valence-corrected chi connectivity index (χ1v) is 6.91. The summed E-state index contributed by atoms with van der Waals surface area (Å²) in [5.74, 6) is 0. The lowest BCUT2D eigenvalue weighted by Crippen LogP contribution is -1.94. The normalized spacial score (nSPS) is 10.8. The molecule has 0 amide bonds. The van der Waals surface area contributed by atoms with Gasteiger partial charge in [-0.15, -0.1) is 0 Å². The van der Waals surface area contributed by atoms with Gasteiger partial charge in [0.05, 0.1) is 23.1 Å². The molecule has 0 saturated heterocycles. The summed E-state index contributed by atoms with van der Waals surface area (Å²) in [6, 6.07) is 0. The smallest absolute Gasteiger partial charge is 0.0775 e. The first-order valence-electron chi connectivity index (χ1n) is 6.18. The predicted molar refractivity (Wildman–Crippen MR) is 66.4 cm³/mol. The molecular weight excluding hydrogens is 204 g/mol. The van der Waals surface area contributed by atoms with Crippen molar-refractivity contribution in [3.63, 3.8) is 0 Å². The van der Waals surface area contributed by atoms with Crippen LogP contribution in [-0.2, 0) is 12.8 Å². The van der Waals surface area contributed by atoms with E-state index < -0.39 is 0 Å². The van der Waals surface area contributed by atoms with Crippen molar-refractivity contribution >= 4 is 11.7 Å². The molecule has 0 bridgehead atoms. The second kappa shape index (κ2) is 7.80. The van der Waals surface area contributed by atoms with Crippen molar-refractivity contribution in [1.29, 1.82) is 0 Å². The Morgan fingerprint density at radius 3 is 1.67 bits per heavy atom. The summed E-state index contributed by atoms with van der Waals surface area (Å²) in [5, 5.41) is 0. The van der Waals surface area contributed by atoms with Crippen molar-refractivity contribution < 1.29 is 0 Å². The van der Waals surface area contributed by atoms with E-state index in [9.17, 15) is 0 Å². The van der Waals surface area contributed by atoms with Gasteiger partial charge < -0.3 is 0 Å². The van der Waals surface area contributed by atoms with Crippen molar-refractivity contribution in [2.24, 2.45) is 0 Å². The average Bonchev–Trinajstić information content (AvgIpc) is 2.67. The number of aromatic nitrogens is 2. The Hall–Kier alpha value is -0.440. The lowest BCUT2D eigenvalue weighted by molar-refractivity contribution is 0.683. The second-order valence-electron chi connectivity index (χ2n) is 4.07. The molecule has 1 aromatic rings. The van der Waals surface area contributed by atoms with Crippen LogP contribution in [-0.4, -0.2) is 8.75 Å². The molecule has 1 rings (SSSR count). The molecule has 1 heterocycles. The van der Waals surface area contributed by atoms with Crippen LogP contribution in [0, 0.1) is 0 Å². The highest BCUT2D eigenvalue weighted by Crippen LogP contribution is 2.13. The molecule has 0 aromatic carbocycles. The van der Waals surface area contributed by atoms with Gasteiger partial charge in [0, 0.05) is 0 Å². The molecule has 0 unspecified atom stereocenters. The monoisotopic (exact) mass is 226 g/mol. The molecule has 2 nitrogen and oxygen atoms in total. The molecular formula is C12H22N2S. The fourth-order valence-electron chi connectivity index (χ4n) is 1.69. The van der Waals surface area contributed by atoms with E-state index in [1.54, 1.807) is 0 Å². The third-order valence-corrected chi connectivity index (χ3v) is 3.27. The van der Waals surface area contributed by atoms with E-state index in [-0.39, 0.29) is 0 Å². The highest BCUT2D eigenvalue weighted by molar-refractivity contribution is 6.99. The van der Waals surface area contributed by atoms with Gasteiger partial charge in [-0.25, -0.2) is 0 Å². The number of aryl methyl sites for hydroxylation is 2. The first kappa shape index (κ1) is 12.6. The van der Waals surface area contributed by atoms with E-state index in [4.69, 9.17) is 0 Å². The third kappa shape index (κ3) is 4.74. The molecule has 3 heteroatoms. The molecule has 0 fully saturated rings. The van der Waals surface area contributed by atoms with Crippen molar-refractivity contribution in [2.45, 2.75) is 65.2 Å². The minimum Gasteiger partial charge on any atom is -0.178 e. The van der Waals surface area contributed by atoms with E-state index in [0.717, 1.165) is 12.8 Å². The number of unbranched alkanes of at least 4 members (excludes halogenated alkanes) is 4. The van der Waals surface area contributed by atoms with Crippen LogP contribution in [0.2, 0.25) is 0 Å². The van der Waals surface area contributed by atoms with Crippen molar-refractivity contribution in [2.75, 3.05) is 0 Å². The number of hydrogen-bond acceptors (Lipinski definition) is 3. The van der Waals surface area contributed by atoms with E-state index in [1.165, 1.54) is 61.6 Å². The minimum absolute atomic E-state index is 1.13. The molecule has 0 aliphatic carbocycles. The summed E-state index contributed by atoms with van der Waals surface area (Å²) in [4.78, 5) is 0. The van der Waals surface area contributed by atoms with Gasteiger partial charge in [-0.05, 0) is 25.7 Å². The molecule has 15 heavy (non-hydrogen) atoms. The first-order chi connectivity index (χ1) is 7.38. The van der Waals surface area contributed by atoms with Crippen LogP contribution in [0.4, 0.5) is 0 Å². The Bertz CT molecular complexity index is 233. The minimum atomic E-state index is 1.13. The largest absolute Gasteiger partial charge is 0.178 e. The highest BCUT2D eigenvalue weighted by Gasteiger charge is 2.06. The fourth-order valence-corrected chi connectivity index (χ4v) is 2.32. The summed E-state index contributed by atoms with van der Waals surface area (Å²) >= 11 is 1.38. The Balaban J connectivity index is 2.32. The van der Waals surface area contributed by atoms with E-state index in [0.29, 0.717) is 0 Å². The quantitative estimate of drug-likeness (QED) is 0.626. The van der Waals surface area contributed by atoms with E-state index >= 15 is 0 Å². The Kier molecular flexibility index (Phi) is 6.57. The van der Waals surface area contributed by atoms with E-state index in [2.05, 4.69) is 22.6 Å². The van der Waals surface area contributed by atoms with Crippen molar-refractivity contribution in [3.8, 4) is 0 Å². The number of hydrogen-bond donors (Lipinski definition) is 0. The maximum Gasteiger partial charge on any atom is 0.0775 e. The molecule has 0 aliphatic heterocycles. The van der Waals surface area contributed by atoms with Crippen LogP contribution in [0.1, 0.15) is 63.8 Å². The van der Waals surface area contributed by atoms with Crippen molar-refractivity contribution in [1.82, 2.24) is 8.75 Å². The molecule has 1 aromatic heterocycles. The topological polar surface area (TPSA) is 25.8 Å². The van der Waals surface area contributed by atoms with Gasteiger partial charge in [0.15, 0.2) is 0 Å². The van der Waals surface area contributed by atoms with Gasteiger partial charge in [0.2, 0.25) is 0 Å². The van der Waals surface area contributed by atoms with Crippen molar-refractivity contribution in [3.05, 3.63) is 11.4 Å². The lowest BCUT2D eigenvalue weighted by Gasteiger charge is -2.00. The van der Waals surface area contributed by atoms with Gasteiger partial charge in [0.25, 0.3) is 0 Å². The zero-order valence-electron chi connectivity index (χ0n) is 9.96. The standard InChI is InChI=1S/C12H22N2S/c1-3-5-7-9-11-12(14-15-13-11)10-8-6-4-2/h3-10H2,1-2H3. The number of nitrogens with zero attached hydrogens (tertiary/aromatic N) is 2. The van der Waals surface area contributed by atoms with Crippen LogP contribution >= 0.6 is 11.7 Å². The summed E-state index contributed by atoms with van der Waals surface area (Å²) in [6.07, 6.45) is 9.98. The van der Waals surface area contributed by atoms with Gasteiger partial charge in [-0.2, -0.15) is 8.75 Å². The summed E-state index contributed by atoms with van der Waals surface area (Å²) in [5.41, 5.74) is 2.54. The highest BCUT2D eigenvalue weighted by atomic mass is 32.1. The maximum absolute atomic E-state index is 4.40. The molecule has 0 N–H and O–H groups in total. The Labute approximate surface area is 97.4 Å². The van der Waals surface area contributed by atoms with Gasteiger partial charge in [-0.3, -0.25) is 0 Å². The summed E-state index contributed by atoms with van der Waals surface area (Å²) in [6.45, 7) is 4.48. The molecule has 0 aliphatic rings. The van der Waals surface area contributed by atoms with Crippen LogP contribution in [0.15, 0.2) is 0 Å². The number of rotatable bonds is 8. The average molecular weight is 226 g/mol. The molecule has 0 spiro atoms. The SMILES string of the molecule is CCCCCc1nsnc1CCCCC. The van der Waals surface area contributed by atoms with Crippen LogP contribution in [0.3, 0.4) is 0 Å². The van der Waals surface area contributed by atoms with Crippen LogP contribution in [0.5, 0.6) is 0 Å². The molecule has 0 saturated carbocycles. The third-order valence-electron chi connectivity index (χ3n) is 2.67. The Morgan fingerprint density at radius 2 is 1.27 bits per heavy atom. The second-order valence-corrected chi connectivity index (χ2v) is 4.60. The zero-order valence-corrected chi connectivity index (χ0v) is 10.8.